The summed E-state index contributed by atoms with van der Waals surface area (Å²) in [6.45, 7) is 0. The van der Waals surface area contributed by atoms with E-state index in [9.17, 15) is 5.48 Å². The van der Waals surface area contributed by atoms with E-state index in [0.29, 0.717) is 11.3 Å². The monoisotopic (exact) mass is 767 g/mol. The maximum Gasteiger partial charge on any atom is 0.0714 e. The van der Waals surface area contributed by atoms with Gasteiger partial charge >= 0.3 is 0 Å². The Morgan fingerprint density at radius 1 is 0.333 bits per heavy atom. The van der Waals surface area contributed by atoms with Crippen molar-refractivity contribution in [2.75, 3.05) is 4.90 Å². The summed E-state index contributed by atoms with van der Waals surface area (Å²) in [5, 5.41) is 2.27. The first-order valence-electron chi connectivity index (χ1n) is 22.4. The van der Waals surface area contributed by atoms with Gasteiger partial charge in [-0.05, 0) is 114 Å². The predicted molar refractivity (Wildman–Crippen MR) is 252 cm³/mol. The summed E-state index contributed by atoms with van der Waals surface area (Å²) < 4.78 is 39.2. The molecule has 0 N–H and O–H groups in total. The summed E-state index contributed by atoms with van der Waals surface area (Å²) in [7, 11) is 0. The molecule has 0 bridgehead atoms. The molecule has 0 spiro atoms. The summed E-state index contributed by atoms with van der Waals surface area (Å²) in [6, 6.07) is 76.4. The second kappa shape index (κ2) is 14.9. The zero-order chi connectivity index (χ0) is 43.4. The van der Waals surface area contributed by atoms with E-state index in [4.69, 9.17) is 0 Å². The van der Waals surface area contributed by atoms with E-state index < -0.39 is 5.41 Å². The number of fused-ring (bicyclic) bond motifs is 4. The third-order valence-electron chi connectivity index (χ3n) is 12.0. The Labute approximate surface area is 357 Å². The van der Waals surface area contributed by atoms with Crippen LogP contribution in [-0.4, -0.2) is 0 Å². The molecule has 1 aliphatic carbocycles. The minimum Gasteiger partial charge on any atom is -0.310 e. The van der Waals surface area contributed by atoms with Crippen LogP contribution >= 0.6 is 0 Å². The van der Waals surface area contributed by atoms with Gasteiger partial charge in [-0.15, -0.1) is 0 Å². The van der Waals surface area contributed by atoms with E-state index in [1.807, 2.05) is 83.8 Å². The molecule has 10 aromatic carbocycles. The number of nitrogens with zero attached hydrogens (tertiary/aromatic N) is 1. The lowest BCUT2D eigenvalue weighted by Gasteiger charge is -2.34. The molecule has 0 aliphatic heterocycles. The molecule has 1 nitrogen and oxygen atoms in total. The zero-order valence-corrected chi connectivity index (χ0v) is 32.8. The van der Waals surface area contributed by atoms with Crippen molar-refractivity contribution in [2.24, 2.45) is 0 Å². The molecule has 0 heterocycles. The Morgan fingerprint density at radius 2 is 0.850 bits per heavy atom. The van der Waals surface area contributed by atoms with E-state index in [-0.39, 0.29) is 35.4 Å². The van der Waals surface area contributed by atoms with Gasteiger partial charge in [0.2, 0.25) is 0 Å². The molecular formula is C59H41N. The normalized spacial score (nSPS) is 13.4. The average molecular weight is 768 g/mol. The molecule has 0 amide bonds. The first kappa shape index (κ1) is 31.3. The quantitative estimate of drug-likeness (QED) is 0.149. The number of hydrogen-bond acceptors (Lipinski definition) is 1. The van der Waals surface area contributed by atoms with Gasteiger partial charge in [-0.2, -0.15) is 0 Å². The molecule has 0 atom stereocenters. The SMILES string of the molecule is [2H]c1c([2H])c(N(c2ccc(-c3ccccc3)cc2)c2cccc3c2-c2ccccc2C3(c2ccccc2)c2ccccc2)c([2H])c([2H])c1-c1cccc(-c2ccc3ccccc3c2)c1. The molecule has 0 saturated heterocycles. The lowest BCUT2D eigenvalue weighted by molar-refractivity contribution is 0.768. The molecule has 0 radical (unpaired) electrons. The van der Waals surface area contributed by atoms with Gasteiger partial charge in [0.1, 0.15) is 0 Å². The fourth-order valence-corrected chi connectivity index (χ4v) is 9.27. The second-order valence-electron chi connectivity index (χ2n) is 15.3. The highest BCUT2D eigenvalue weighted by Crippen LogP contribution is 2.59. The molecule has 0 saturated carbocycles. The fraction of sp³-hybridized carbons (Fsp3) is 0.0169. The van der Waals surface area contributed by atoms with Gasteiger partial charge in [-0.1, -0.05) is 206 Å². The van der Waals surface area contributed by atoms with Gasteiger partial charge in [0.25, 0.3) is 0 Å². The van der Waals surface area contributed by atoms with Crippen LogP contribution in [0.4, 0.5) is 17.1 Å². The van der Waals surface area contributed by atoms with E-state index in [2.05, 4.69) is 146 Å². The fourth-order valence-electron chi connectivity index (χ4n) is 9.27. The number of hydrogen-bond donors (Lipinski definition) is 0. The van der Waals surface area contributed by atoms with Crippen molar-refractivity contribution in [1.82, 2.24) is 0 Å². The van der Waals surface area contributed by atoms with Crippen LogP contribution in [0.25, 0.3) is 55.3 Å². The molecule has 1 aliphatic rings. The maximum atomic E-state index is 9.89. The highest BCUT2D eigenvalue weighted by atomic mass is 15.1. The highest BCUT2D eigenvalue weighted by Gasteiger charge is 2.47. The van der Waals surface area contributed by atoms with E-state index in [0.717, 1.165) is 72.1 Å². The molecule has 282 valence electrons. The Morgan fingerprint density at radius 3 is 1.57 bits per heavy atom. The van der Waals surface area contributed by atoms with Crippen molar-refractivity contribution in [1.29, 1.82) is 0 Å². The van der Waals surface area contributed by atoms with Crippen LogP contribution in [0.2, 0.25) is 0 Å². The topological polar surface area (TPSA) is 3.24 Å². The Hall–Kier alpha value is -7.74. The summed E-state index contributed by atoms with van der Waals surface area (Å²) in [5.41, 5.74) is 12.4. The van der Waals surface area contributed by atoms with Gasteiger partial charge in [-0.3, -0.25) is 0 Å². The van der Waals surface area contributed by atoms with Gasteiger partial charge in [0, 0.05) is 16.9 Å². The standard InChI is InChI=1S/C59H41N/c1-4-16-42(17-5-1)44-32-36-52(37-33-44)60(53-38-34-45(35-39-53)47-20-14-21-48(40-47)49-31-30-43-18-10-11-19-46(43)41-49)57-29-15-28-56-58(57)54-26-12-13-27-55(54)59(56,50-22-6-2-7-23-50)51-24-8-3-9-25-51/h1-41H/i34D,35D,38D,39D. The van der Waals surface area contributed by atoms with Crippen molar-refractivity contribution >= 4 is 27.8 Å². The first-order chi connectivity index (χ1) is 31.4. The highest BCUT2D eigenvalue weighted by molar-refractivity contribution is 5.98. The van der Waals surface area contributed by atoms with Crippen molar-refractivity contribution in [3.8, 4) is 44.5 Å². The third-order valence-corrected chi connectivity index (χ3v) is 12.0. The Balaban J connectivity index is 1.15. The van der Waals surface area contributed by atoms with Crippen LogP contribution in [0.3, 0.4) is 0 Å². The predicted octanol–water partition coefficient (Wildman–Crippen LogP) is 15.7. The lowest BCUT2D eigenvalue weighted by Crippen LogP contribution is -2.28. The van der Waals surface area contributed by atoms with Gasteiger partial charge in [0.05, 0.1) is 16.6 Å². The molecule has 0 unspecified atom stereocenters. The van der Waals surface area contributed by atoms with Crippen molar-refractivity contribution in [2.45, 2.75) is 5.41 Å². The molecule has 1 heteroatoms. The van der Waals surface area contributed by atoms with Crippen LogP contribution in [0, 0.1) is 0 Å². The third kappa shape index (κ3) is 5.94. The number of rotatable bonds is 8. The van der Waals surface area contributed by atoms with Crippen molar-refractivity contribution in [3.63, 3.8) is 0 Å². The van der Waals surface area contributed by atoms with E-state index in [1.165, 1.54) is 0 Å². The molecule has 60 heavy (non-hydrogen) atoms. The van der Waals surface area contributed by atoms with Crippen LogP contribution in [0.1, 0.15) is 27.7 Å². The number of anilines is 3. The summed E-state index contributed by atoms with van der Waals surface area (Å²) >= 11 is 0. The van der Waals surface area contributed by atoms with Crippen LogP contribution in [0.15, 0.2) is 249 Å². The molecule has 0 aromatic heterocycles. The van der Waals surface area contributed by atoms with Crippen molar-refractivity contribution < 1.29 is 5.48 Å². The smallest absolute Gasteiger partial charge is 0.0714 e. The zero-order valence-electron chi connectivity index (χ0n) is 36.8. The van der Waals surface area contributed by atoms with E-state index >= 15 is 0 Å². The number of benzene rings is 10. The molecule has 0 fully saturated rings. The van der Waals surface area contributed by atoms with Crippen molar-refractivity contribution in [3.05, 3.63) is 271 Å². The molecule has 11 rings (SSSR count). The van der Waals surface area contributed by atoms with Crippen LogP contribution < -0.4 is 4.90 Å². The summed E-state index contributed by atoms with van der Waals surface area (Å²) in [5.74, 6) is 0. The first-order valence-corrected chi connectivity index (χ1v) is 20.4. The van der Waals surface area contributed by atoms with Crippen LogP contribution in [0.5, 0.6) is 0 Å². The Kier molecular flexibility index (Phi) is 7.76. The largest absolute Gasteiger partial charge is 0.310 e. The molecule has 10 aromatic rings. The minimum absolute atomic E-state index is 0.103. The van der Waals surface area contributed by atoms with Gasteiger partial charge in [0.15, 0.2) is 0 Å². The van der Waals surface area contributed by atoms with Crippen LogP contribution in [-0.2, 0) is 5.41 Å². The van der Waals surface area contributed by atoms with Gasteiger partial charge < -0.3 is 4.90 Å². The molecular weight excluding hydrogens is 723 g/mol. The second-order valence-corrected chi connectivity index (χ2v) is 15.3. The lowest BCUT2D eigenvalue weighted by atomic mass is 9.68. The van der Waals surface area contributed by atoms with Gasteiger partial charge in [-0.25, -0.2) is 0 Å². The Bertz CT molecular complexity index is 3300. The summed E-state index contributed by atoms with van der Waals surface area (Å²) in [6.07, 6.45) is 0. The summed E-state index contributed by atoms with van der Waals surface area (Å²) in [4.78, 5) is 1.95. The minimum atomic E-state index is -0.679. The maximum absolute atomic E-state index is 9.89. The van der Waals surface area contributed by atoms with E-state index in [1.54, 1.807) is 0 Å². The average Bonchev–Trinajstić information content (AvgIpc) is 3.67.